The van der Waals surface area contributed by atoms with Gasteiger partial charge in [0.25, 0.3) is 0 Å². The van der Waals surface area contributed by atoms with Gasteiger partial charge in [-0.25, -0.2) is 0 Å². The molecule has 76 valence electrons. The van der Waals surface area contributed by atoms with E-state index in [0.717, 1.165) is 19.3 Å². The second kappa shape index (κ2) is 2.62. The minimum absolute atomic E-state index is 0.178. The van der Waals surface area contributed by atoms with E-state index in [1.807, 2.05) is 0 Å². The Bertz CT molecular complexity index is 213. The lowest BCUT2D eigenvalue weighted by molar-refractivity contribution is -0.209. The van der Waals surface area contributed by atoms with Crippen LogP contribution < -0.4 is 5.32 Å². The monoisotopic (exact) mass is 193 g/mol. The molecule has 0 saturated heterocycles. The average molecular weight is 193 g/mol. The van der Waals surface area contributed by atoms with Crippen molar-refractivity contribution in [1.82, 2.24) is 5.32 Å². The number of rotatable bonds is 1. The zero-order valence-electron chi connectivity index (χ0n) is 7.62. The van der Waals surface area contributed by atoms with Crippen LogP contribution in [0.25, 0.3) is 0 Å². The Morgan fingerprint density at radius 3 is 2.23 bits per heavy atom. The van der Waals surface area contributed by atoms with Crippen LogP contribution in [0, 0.1) is 11.8 Å². The lowest BCUT2D eigenvalue weighted by Crippen LogP contribution is -2.58. The van der Waals surface area contributed by atoms with Crippen LogP contribution in [0.2, 0.25) is 0 Å². The number of halogens is 3. The number of alkyl halides is 3. The molecule has 2 rings (SSSR count). The first-order valence-corrected chi connectivity index (χ1v) is 4.75. The Kier molecular flexibility index (Phi) is 1.88. The molecular formula is C9H14F3N. The Balaban J connectivity index is 2.27. The van der Waals surface area contributed by atoms with Crippen molar-refractivity contribution in [1.29, 1.82) is 0 Å². The van der Waals surface area contributed by atoms with Crippen molar-refractivity contribution in [2.45, 2.75) is 37.4 Å². The predicted molar refractivity (Wildman–Crippen MR) is 43.3 cm³/mol. The molecule has 4 heteroatoms. The van der Waals surface area contributed by atoms with Crippen LogP contribution >= 0.6 is 0 Å². The van der Waals surface area contributed by atoms with Crippen molar-refractivity contribution in [2.24, 2.45) is 11.8 Å². The van der Waals surface area contributed by atoms with E-state index in [2.05, 4.69) is 5.32 Å². The number of hydrogen-bond donors (Lipinski definition) is 1. The van der Waals surface area contributed by atoms with Gasteiger partial charge in [-0.3, -0.25) is 0 Å². The van der Waals surface area contributed by atoms with Crippen LogP contribution in [-0.4, -0.2) is 18.8 Å². The zero-order valence-corrected chi connectivity index (χ0v) is 7.62. The summed E-state index contributed by atoms with van der Waals surface area (Å²) in [5.41, 5.74) is -1.56. The van der Waals surface area contributed by atoms with Crippen LogP contribution in [0.3, 0.4) is 0 Å². The molecule has 13 heavy (non-hydrogen) atoms. The average Bonchev–Trinajstić information content (AvgIpc) is 2.60. The van der Waals surface area contributed by atoms with E-state index >= 15 is 0 Å². The molecule has 3 atom stereocenters. The van der Waals surface area contributed by atoms with Gasteiger partial charge in [0.15, 0.2) is 0 Å². The highest BCUT2D eigenvalue weighted by atomic mass is 19.4. The minimum atomic E-state index is -4.08. The van der Waals surface area contributed by atoms with Crippen LogP contribution in [0.4, 0.5) is 13.2 Å². The SMILES string of the molecule is CNC1(C(F)(F)F)CC2CCC1C2. The third-order valence-electron chi connectivity index (χ3n) is 3.80. The van der Waals surface area contributed by atoms with E-state index in [4.69, 9.17) is 0 Å². The molecule has 2 bridgehead atoms. The minimum Gasteiger partial charge on any atom is -0.306 e. The van der Waals surface area contributed by atoms with Gasteiger partial charge in [-0.05, 0) is 38.1 Å². The normalized spacial score (nSPS) is 44.3. The maximum absolute atomic E-state index is 12.8. The second-order valence-electron chi connectivity index (χ2n) is 4.30. The number of fused-ring (bicyclic) bond motifs is 2. The maximum Gasteiger partial charge on any atom is 0.406 e. The van der Waals surface area contributed by atoms with Gasteiger partial charge >= 0.3 is 6.18 Å². The van der Waals surface area contributed by atoms with Gasteiger partial charge in [0, 0.05) is 0 Å². The third kappa shape index (κ3) is 1.11. The predicted octanol–water partition coefficient (Wildman–Crippen LogP) is 2.33. The summed E-state index contributed by atoms with van der Waals surface area (Å²) in [5, 5.41) is 2.52. The van der Waals surface area contributed by atoms with Gasteiger partial charge < -0.3 is 5.32 Å². The molecule has 0 spiro atoms. The summed E-state index contributed by atoms with van der Waals surface area (Å²) in [6.45, 7) is 0. The number of nitrogens with one attached hydrogen (secondary N) is 1. The van der Waals surface area contributed by atoms with Crippen molar-refractivity contribution in [3.05, 3.63) is 0 Å². The lowest BCUT2D eigenvalue weighted by Gasteiger charge is -2.39. The van der Waals surface area contributed by atoms with Crippen LogP contribution in [0.5, 0.6) is 0 Å². The number of hydrogen-bond acceptors (Lipinski definition) is 1. The fraction of sp³-hybridized carbons (Fsp3) is 1.00. The fourth-order valence-corrected chi connectivity index (χ4v) is 3.13. The van der Waals surface area contributed by atoms with Crippen molar-refractivity contribution in [2.75, 3.05) is 7.05 Å². The zero-order chi connectivity index (χ0) is 9.69. The molecule has 0 amide bonds. The largest absolute Gasteiger partial charge is 0.406 e. The molecule has 1 nitrogen and oxygen atoms in total. The van der Waals surface area contributed by atoms with Crippen molar-refractivity contribution in [3.63, 3.8) is 0 Å². The summed E-state index contributed by atoms with van der Waals surface area (Å²) in [5.74, 6) is 0.126. The second-order valence-corrected chi connectivity index (χ2v) is 4.30. The van der Waals surface area contributed by atoms with Gasteiger partial charge in [0.05, 0.1) is 0 Å². The lowest BCUT2D eigenvalue weighted by atomic mass is 9.80. The van der Waals surface area contributed by atoms with Crippen molar-refractivity contribution >= 4 is 0 Å². The molecule has 2 fully saturated rings. The van der Waals surface area contributed by atoms with E-state index < -0.39 is 11.7 Å². The highest BCUT2D eigenvalue weighted by molar-refractivity contribution is 5.09. The third-order valence-corrected chi connectivity index (χ3v) is 3.80. The van der Waals surface area contributed by atoms with Crippen LogP contribution in [0.15, 0.2) is 0 Å². The molecule has 0 aromatic carbocycles. The molecule has 0 heterocycles. The Hall–Kier alpha value is -0.250. The maximum atomic E-state index is 12.8. The summed E-state index contributed by atoms with van der Waals surface area (Å²) in [4.78, 5) is 0. The van der Waals surface area contributed by atoms with Gasteiger partial charge in [0.1, 0.15) is 5.54 Å². The fourth-order valence-electron chi connectivity index (χ4n) is 3.13. The van der Waals surface area contributed by atoms with Gasteiger partial charge in [-0.2, -0.15) is 13.2 Å². The molecule has 3 unspecified atom stereocenters. The topological polar surface area (TPSA) is 12.0 Å². The van der Waals surface area contributed by atoms with E-state index in [1.165, 1.54) is 7.05 Å². The van der Waals surface area contributed by atoms with E-state index in [1.54, 1.807) is 0 Å². The quantitative estimate of drug-likeness (QED) is 0.674. The summed E-state index contributed by atoms with van der Waals surface area (Å²) < 4.78 is 38.4. The van der Waals surface area contributed by atoms with E-state index in [9.17, 15) is 13.2 Å². The smallest absolute Gasteiger partial charge is 0.306 e. The van der Waals surface area contributed by atoms with E-state index in [-0.39, 0.29) is 12.3 Å². The molecule has 0 aromatic heterocycles. The van der Waals surface area contributed by atoms with Gasteiger partial charge in [-0.1, -0.05) is 6.42 Å². The first-order chi connectivity index (χ1) is 5.99. The first kappa shape index (κ1) is 9.31. The van der Waals surface area contributed by atoms with Gasteiger partial charge in [0.2, 0.25) is 0 Å². The molecular weight excluding hydrogens is 179 g/mol. The van der Waals surface area contributed by atoms with Crippen LogP contribution in [-0.2, 0) is 0 Å². The summed E-state index contributed by atoms with van der Waals surface area (Å²) >= 11 is 0. The van der Waals surface area contributed by atoms with Gasteiger partial charge in [-0.15, -0.1) is 0 Å². The highest BCUT2D eigenvalue weighted by Gasteiger charge is 2.64. The van der Waals surface area contributed by atoms with Crippen molar-refractivity contribution < 1.29 is 13.2 Å². The highest BCUT2D eigenvalue weighted by Crippen LogP contribution is 2.56. The molecule has 2 aliphatic rings. The summed E-state index contributed by atoms with van der Waals surface area (Å²) in [7, 11) is 1.44. The van der Waals surface area contributed by atoms with Crippen molar-refractivity contribution in [3.8, 4) is 0 Å². The first-order valence-electron chi connectivity index (χ1n) is 4.75. The Morgan fingerprint density at radius 1 is 1.31 bits per heavy atom. The Labute approximate surface area is 75.7 Å². The van der Waals surface area contributed by atoms with Crippen LogP contribution in [0.1, 0.15) is 25.7 Å². The molecule has 0 aliphatic heterocycles. The molecule has 0 aromatic rings. The summed E-state index contributed by atoms with van der Waals surface area (Å²) in [6, 6.07) is 0. The van der Waals surface area contributed by atoms with E-state index in [0.29, 0.717) is 5.92 Å². The standard InChI is InChI=1S/C9H14F3N/c1-13-8(9(10,11)12)5-6-2-3-7(8)4-6/h6-7,13H,2-5H2,1H3. The Morgan fingerprint density at radius 2 is 2.00 bits per heavy atom. The molecule has 2 saturated carbocycles. The summed E-state index contributed by atoms with van der Waals surface area (Å²) in [6.07, 6.45) is -1.30. The molecule has 1 N–H and O–H groups in total. The molecule has 0 radical (unpaired) electrons. The molecule has 2 aliphatic carbocycles.